The molecule has 0 radical (unpaired) electrons. The molecule has 1 aliphatic rings. The molecule has 11 heteroatoms. The number of ether oxygens (including phenoxy) is 1. The molecular weight excluding hydrogens is 510 g/mol. The van der Waals surface area contributed by atoms with E-state index in [-0.39, 0.29) is 11.6 Å². The minimum Gasteiger partial charge on any atom is -0.443 e. The monoisotopic (exact) mass is 541 g/mol. The zero-order chi connectivity index (χ0) is 27.6. The van der Waals surface area contributed by atoms with Gasteiger partial charge in [0.2, 0.25) is 5.78 Å². The van der Waals surface area contributed by atoms with Crippen molar-refractivity contribution in [2.45, 2.75) is 56.9 Å². The molecule has 1 aliphatic carbocycles. The Morgan fingerprint density at radius 1 is 1.05 bits per heavy atom. The second-order valence-electron chi connectivity index (χ2n) is 10.4. The Kier molecular flexibility index (Phi) is 7.59. The lowest BCUT2D eigenvalue weighted by Gasteiger charge is -2.41. The number of rotatable bonds is 8. The summed E-state index contributed by atoms with van der Waals surface area (Å²) in [5, 5.41) is 2.67. The molecule has 0 unspecified atom stereocenters. The topological polar surface area (TPSA) is 136 Å². The maximum Gasteiger partial charge on any atom is 0.418 e. The molecule has 0 aliphatic heterocycles. The van der Waals surface area contributed by atoms with E-state index in [4.69, 9.17) is 9.15 Å². The number of benzene rings is 2. The van der Waals surface area contributed by atoms with Gasteiger partial charge in [-0.05, 0) is 57.7 Å². The van der Waals surface area contributed by atoms with Gasteiger partial charge in [0.15, 0.2) is 15.4 Å². The van der Waals surface area contributed by atoms with Crippen LogP contribution < -0.4 is 5.32 Å². The Morgan fingerprint density at radius 2 is 1.71 bits per heavy atom. The molecule has 0 atom stereocenters. The quantitative estimate of drug-likeness (QED) is 0.412. The van der Waals surface area contributed by atoms with E-state index in [0.29, 0.717) is 40.8 Å². The number of aromatic nitrogens is 1. The molecule has 0 spiro atoms. The van der Waals surface area contributed by atoms with Crippen molar-refractivity contribution in [3.8, 4) is 0 Å². The number of carbonyl (C=O) groups excluding carboxylic acids is 3. The zero-order valence-corrected chi connectivity index (χ0v) is 22.4. The number of ketones is 1. The van der Waals surface area contributed by atoms with E-state index < -0.39 is 51.2 Å². The van der Waals surface area contributed by atoms with Crippen LogP contribution in [0.2, 0.25) is 0 Å². The standard InChI is InChI=1S/C27H31N3O7S/c1-26(2,3)37-25(33)30(16-17-38(34,35)18-19-10-5-4-6-11-19)24(32)29-27(14-9-15-27)22(31)23-28-20-12-7-8-13-21(20)36-23/h4-8,10-13H,9,14-18H2,1-3H3,(H,29,32). The highest BCUT2D eigenvalue weighted by molar-refractivity contribution is 7.90. The Balaban J connectivity index is 1.52. The van der Waals surface area contributed by atoms with Gasteiger partial charge in [0, 0.05) is 6.54 Å². The summed E-state index contributed by atoms with van der Waals surface area (Å²) in [4.78, 5) is 44.7. The van der Waals surface area contributed by atoms with Crippen molar-refractivity contribution < 1.29 is 32.0 Å². The highest BCUT2D eigenvalue weighted by Gasteiger charge is 2.49. The third kappa shape index (κ3) is 6.39. The molecule has 38 heavy (non-hydrogen) atoms. The summed E-state index contributed by atoms with van der Waals surface area (Å²) in [6.45, 7) is 4.47. The van der Waals surface area contributed by atoms with E-state index in [1.807, 2.05) is 0 Å². The molecule has 1 saturated carbocycles. The van der Waals surface area contributed by atoms with Crippen LogP contribution in [0.25, 0.3) is 11.1 Å². The van der Waals surface area contributed by atoms with Crippen molar-refractivity contribution in [3.63, 3.8) is 0 Å². The van der Waals surface area contributed by atoms with Crippen LogP contribution in [0.4, 0.5) is 9.59 Å². The molecule has 1 fully saturated rings. The first-order valence-corrected chi connectivity index (χ1v) is 14.2. The molecular formula is C27H31N3O7S. The molecule has 3 amide bonds. The third-order valence-corrected chi connectivity index (χ3v) is 7.77. The first-order valence-electron chi connectivity index (χ1n) is 12.3. The largest absolute Gasteiger partial charge is 0.443 e. The predicted octanol–water partition coefficient (Wildman–Crippen LogP) is 4.49. The van der Waals surface area contributed by atoms with Crippen LogP contribution in [-0.2, 0) is 20.3 Å². The van der Waals surface area contributed by atoms with Crippen LogP contribution in [0.15, 0.2) is 59.0 Å². The molecule has 10 nitrogen and oxygen atoms in total. The molecule has 0 saturated heterocycles. The Hall–Kier alpha value is -3.73. The Bertz CT molecular complexity index is 1410. The lowest BCUT2D eigenvalue weighted by Crippen LogP contribution is -2.62. The number of nitrogens with zero attached hydrogens (tertiary/aromatic N) is 2. The number of sulfone groups is 1. The second kappa shape index (κ2) is 10.6. The van der Waals surface area contributed by atoms with Crippen LogP contribution in [0.3, 0.4) is 0 Å². The van der Waals surface area contributed by atoms with E-state index in [1.54, 1.807) is 75.4 Å². The fourth-order valence-electron chi connectivity index (χ4n) is 4.11. The number of fused-ring (bicyclic) bond motifs is 1. The summed E-state index contributed by atoms with van der Waals surface area (Å²) in [5.74, 6) is -1.35. The van der Waals surface area contributed by atoms with Crippen LogP contribution in [0, 0.1) is 0 Å². The van der Waals surface area contributed by atoms with Gasteiger partial charge in [0.05, 0.1) is 11.5 Å². The number of para-hydroxylation sites is 2. The summed E-state index contributed by atoms with van der Waals surface area (Å²) in [7, 11) is -3.67. The van der Waals surface area contributed by atoms with E-state index >= 15 is 0 Å². The summed E-state index contributed by atoms with van der Waals surface area (Å²) < 4.78 is 36.6. The number of imide groups is 1. The van der Waals surface area contributed by atoms with Gasteiger partial charge < -0.3 is 14.5 Å². The number of nitrogens with one attached hydrogen (secondary N) is 1. The smallest absolute Gasteiger partial charge is 0.418 e. The minimum atomic E-state index is -3.67. The molecule has 202 valence electrons. The number of hydrogen-bond acceptors (Lipinski definition) is 8. The number of carbonyl (C=O) groups is 3. The van der Waals surface area contributed by atoms with Crippen molar-refractivity contribution in [1.29, 1.82) is 0 Å². The molecule has 0 bridgehead atoms. The van der Waals surface area contributed by atoms with E-state index in [9.17, 15) is 22.8 Å². The van der Waals surface area contributed by atoms with E-state index in [1.165, 1.54) is 0 Å². The lowest BCUT2D eigenvalue weighted by atomic mass is 9.73. The number of Topliss-reactive ketones (excluding diaryl/α,β-unsaturated/α-hetero) is 1. The van der Waals surface area contributed by atoms with E-state index in [2.05, 4.69) is 10.3 Å². The second-order valence-corrected chi connectivity index (χ2v) is 12.6. The predicted molar refractivity (Wildman–Crippen MR) is 140 cm³/mol. The zero-order valence-electron chi connectivity index (χ0n) is 21.6. The van der Waals surface area contributed by atoms with Gasteiger partial charge in [-0.2, -0.15) is 0 Å². The normalized spacial score (nSPS) is 14.9. The average molecular weight is 542 g/mol. The molecule has 4 rings (SSSR count). The summed E-state index contributed by atoms with van der Waals surface area (Å²) in [6, 6.07) is 14.6. The van der Waals surface area contributed by atoms with Crippen molar-refractivity contribution in [2.75, 3.05) is 12.3 Å². The van der Waals surface area contributed by atoms with Crippen LogP contribution in [0.5, 0.6) is 0 Å². The maximum absolute atomic E-state index is 13.4. The SMILES string of the molecule is CC(C)(C)OC(=O)N(CCS(=O)(=O)Cc1ccccc1)C(=O)NC1(C(=O)c2nc3ccccc3o2)CCC1. The first kappa shape index (κ1) is 27.3. The summed E-state index contributed by atoms with van der Waals surface area (Å²) >= 11 is 0. The number of amides is 3. The van der Waals surface area contributed by atoms with Gasteiger partial charge in [-0.25, -0.2) is 27.9 Å². The highest BCUT2D eigenvalue weighted by Crippen LogP contribution is 2.36. The summed E-state index contributed by atoms with van der Waals surface area (Å²) in [5.41, 5.74) is -0.702. The average Bonchev–Trinajstić information content (AvgIpc) is 3.24. The molecule has 1 heterocycles. The van der Waals surface area contributed by atoms with Gasteiger partial charge in [0.1, 0.15) is 16.7 Å². The van der Waals surface area contributed by atoms with Crippen LogP contribution in [0.1, 0.15) is 56.3 Å². The van der Waals surface area contributed by atoms with Gasteiger partial charge in [0.25, 0.3) is 5.89 Å². The lowest BCUT2D eigenvalue weighted by molar-refractivity contribution is 0.0309. The third-order valence-electron chi connectivity index (χ3n) is 6.19. The van der Waals surface area contributed by atoms with Crippen LogP contribution >= 0.6 is 0 Å². The Morgan fingerprint density at radius 3 is 2.32 bits per heavy atom. The molecule has 1 aromatic heterocycles. The van der Waals surface area contributed by atoms with Crippen molar-refractivity contribution in [3.05, 3.63) is 66.1 Å². The van der Waals surface area contributed by atoms with Gasteiger partial charge in [-0.3, -0.25) is 4.79 Å². The van der Waals surface area contributed by atoms with Gasteiger partial charge in [-0.1, -0.05) is 42.5 Å². The minimum absolute atomic E-state index is 0.138. The molecule has 1 N–H and O–H groups in total. The Labute approximate surface area is 221 Å². The van der Waals surface area contributed by atoms with Crippen molar-refractivity contribution in [1.82, 2.24) is 15.2 Å². The van der Waals surface area contributed by atoms with Crippen molar-refractivity contribution >= 4 is 38.8 Å². The highest BCUT2D eigenvalue weighted by atomic mass is 32.2. The molecule has 2 aromatic carbocycles. The number of urea groups is 1. The maximum atomic E-state index is 13.4. The fraction of sp³-hybridized carbons (Fsp3) is 0.407. The van der Waals surface area contributed by atoms with Gasteiger partial charge >= 0.3 is 12.1 Å². The van der Waals surface area contributed by atoms with Gasteiger partial charge in [-0.15, -0.1) is 0 Å². The summed E-state index contributed by atoms with van der Waals surface area (Å²) in [6.07, 6.45) is 0.313. The first-order chi connectivity index (χ1) is 17.9. The van der Waals surface area contributed by atoms with Crippen molar-refractivity contribution in [2.24, 2.45) is 0 Å². The van der Waals surface area contributed by atoms with E-state index in [0.717, 1.165) is 0 Å². The fourth-order valence-corrected chi connectivity index (χ4v) is 5.41. The number of hydrogen-bond donors (Lipinski definition) is 1. The number of oxazole rings is 1. The van der Waals surface area contributed by atoms with Crippen LogP contribution in [-0.4, -0.2) is 59.6 Å². The molecule has 3 aromatic rings.